The van der Waals surface area contributed by atoms with Gasteiger partial charge in [-0.2, -0.15) is 0 Å². The zero-order valence-corrected chi connectivity index (χ0v) is 73.1. The van der Waals surface area contributed by atoms with Gasteiger partial charge < -0.3 is 43.0 Å². The molecule has 115 heavy (non-hydrogen) atoms. The maximum absolute atomic E-state index is 7.65. The Morgan fingerprint density at radius 3 is 1.00 bits per heavy atom. The second-order valence-corrected chi connectivity index (χ2v) is 36.1. The molecule has 6 aromatic heterocycles. The normalized spacial score (nSPS) is 12.9. The molecule has 0 fully saturated rings. The van der Waals surface area contributed by atoms with Crippen LogP contribution < -0.4 is 43.0 Å². The lowest BCUT2D eigenvalue weighted by atomic mass is 9.91. The highest BCUT2D eigenvalue weighted by Crippen LogP contribution is 2.59. The molecule has 0 saturated heterocycles. The molecule has 0 spiro atoms. The number of hydrogen-bond acceptors (Lipinski definition) is 16. The van der Waals surface area contributed by atoms with Crippen LogP contribution in [0.3, 0.4) is 0 Å². The molecule has 0 aliphatic rings. The largest absolute Gasteiger partial charge is 0.497 e. The SMILES string of the molecule is CCCCC(CC)CCc1c2cc(-c3sc(-c4cc5c(OCC(CC)CCCC)c6sc(N(c7ccc(OC)cc7)c7ccc(OC)cc7)cc6c(OCC(CC)CCCC)c5s4)c4nc5c6ccccc6c6ccccc6c5nc34)sc2c(OCC(CC)CCCC)c2cc(N(c3ccc(OC)cc3)c3ccc(OC)cc3)sc12. The Morgan fingerprint density at radius 1 is 0.313 bits per heavy atom. The lowest BCUT2D eigenvalue weighted by molar-refractivity contribution is 0.235. The molecule has 11 nitrogen and oxygen atoms in total. The van der Waals surface area contributed by atoms with Crippen molar-refractivity contribution >= 4 is 173 Å². The molecule has 0 amide bonds. The average Bonchev–Trinajstić information content (AvgIpc) is 1.59. The van der Waals surface area contributed by atoms with Crippen LogP contribution in [0, 0.1) is 23.7 Å². The Balaban J connectivity index is 1.00. The third-order valence-corrected chi connectivity index (χ3v) is 29.7. The molecule has 6 heterocycles. The van der Waals surface area contributed by atoms with E-state index in [0.29, 0.717) is 43.5 Å². The minimum Gasteiger partial charge on any atom is -0.497 e. The Morgan fingerprint density at radius 2 is 0.635 bits per heavy atom. The Kier molecular flexibility index (Phi) is 26.3. The molecular weight excluding hydrogens is 1520 g/mol. The summed E-state index contributed by atoms with van der Waals surface area (Å²) in [4.78, 5) is 21.3. The molecule has 4 atom stereocenters. The standard InChI is InChI=1S/C99H110N4O7S5/c1-13-21-29-62(17-5)37-54-78-79-55-83(111-95(79)92(109-60-64(19-7)31-23-15-3)81-57-85(113-94(78)81)102(66-38-46-70(104-9)47-39-66)67-40-48-71(105-10)49-41-67)98-89-90(101-88-77-36-28-26-34-75(77)74-33-25-27-35-76(74)87(88)100-89)99(115-98)84-56-80-91(108-59-63(18-6)30-22-14-2)97-82(93(96(80)112-84)110-61-65(20-8)32-24-16-4)58-86(114-97)103(68-42-50-72(106-11)51-43-68)69-44-52-73(107-12)53-45-69/h25-28,33-36,38-53,55-58,62-65H,13-24,29-32,37,54,59-61H2,1-12H3. The van der Waals surface area contributed by atoms with Crippen molar-refractivity contribution in [1.82, 2.24) is 9.97 Å². The monoisotopic (exact) mass is 1630 g/mol. The number of hydrogen-bond donors (Lipinski definition) is 0. The number of unbranched alkanes of at least 4 members (excludes halogenated alkanes) is 4. The third-order valence-electron chi connectivity index (χ3n) is 23.6. The number of fused-ring (bicyclic) bond motifs is 11. The molecule has 15 aromatic rings. The van der Waals surface area contributed by atoms with Crippen LogP contribution in [0.4, 0.5) is 32.8 Å². The molecule has 16 heteroatoms. The first-order chi connectivity index (χ1) is 56.5. The van der Waals surface area contributed by atoms with Gasteiger partial charge >= 0.3 is 0 Å². The number of benzene rings is 9. The number of nitrogens with zero attached hydrogens (tertiary/aromatic N) is 4. The summed E-state index contributed by atoms with van der Waals surface area (Å²) in [6, 6.07) is 61.0. The Labute approximate surface area is 699 Å². The van der Waals surface area contributed by atoms with E-state index < -0.39 is 0 Å². The van der Waals surface area contributed by atoms with Gasteiger partial charge in [0.15, 0.2) is 0 Å². The molecular formula is C99H110N4O7S5. The smallest absolute Gasteiger partial charge is 0.146 e. The average molecular weight is 1630 g/mol. The molecule has 598 valence electrons. The summed E-state index contributed by atoms with van der Waals surface area (Å²) in [5, 5.41) is 11.2. The van der Waals surface area contributed by atoms with E-state index in [1.54, 1.807) is 39.8 Å². The van der Waals surface area contributed by atoms with E-state index in [1.807, 2.05) is 69.6 Å². The maximum atomic E-state index is 7.65. The molecule has 4 unspecified atom stereocenters. The van der Waals surface area contributed by atoms with Gasteiger partial charge in [-0.05, 0) is 193 Å². The van der Waals surface area contributed by atoms with Gasteiger partial charge in [-0.3, -0.25) is 0 Å². The quantitative estimate of drug-likeness (QED) is 0.0344. The van der Waals surface area contributed by atoms with Crippen molar-refractivity contribution in [2.45, 2.75) is 171 Å². The second-order valence-electron chi connectivity index (χ2n) is 30.9. The van der Waals surface area contributed by atoms with E-state index >= 15 is 0 Å². The number of methoxy groups -OCH3 is 4. The number of aryl methyl sites for hydroxylation is 1. The third kappa shape index (κ3) is 16.8. The predicted octanol–water partition coefficient (Wildman–Crippen LogP) is 31.3. The number of rotatable bonds is 40. The minimum atomic E-state index is 0.373. The van der Waals surface area contributed by atoms with Crippen LogP contribution >= 0.6 is 56.7 Å². The summed E-state index contributed by atoms with van der Waals surface area (Å²) in [5.74, 6) is 7.69. The number of anilines is 6. The van der Waals surface area contributed by atoms with E-state index in [9.17, 15) is 0 Å². The minimum absolute atomic E-state index is 0.373. The Hall–Kier alpha value is -9.16. The molecule has 15 rings (SSSR count). The van der Waals surface area contributed by atoms with Crippen molar-refractivity contribution in [3.05, 3.63) is 175 Å². The molecule has 0 radical (unpaired) electrons. The van der Waals surface area contributed by atoms with E-state index in [1.165, 1.54) is 45.0 Å². The van der Waals surface area contributed by atoms with Crippen molar-refractivity contribution < 1.29 is 33.2 Å². The highest BCUT2D eigenvalue weighted by Gasteiger charge is 2.32. The first kappa shape index (κ1) is 81.0. The maximum Gasteiger partial charge on any atom is 0.146 e. The lowest BCUT2D eigenvalue weighted by Crippen LogP contribution is -2.12. The van der Waals surface area contributed by atoms with Crippen molar-refractivity contribution in [3.8, 4) is 59.8 Å². The summed E-state index contributed by atoms with van der Waals surface area (Å²) in [7, 11) is 6.91. The highest BCUT2D eigenvalue weighted by atomic mass is 32.1. The summed E-state index contributed by atoms with van der Waals surface area (Å²) >= 11 is 9.16. The van der Waals surface area contributed by atoms with Gasteiger partial charge in [-0.1, -0.05) is 187 Å². The van der Waals surface area contributed by atoms with Gasteiger partial charge in [-0.25, -0.2) is 9.97 Å². The zero-order chi connectivity index (χ0) is 79.6. The first-order valence-corrected chi connectivity index (χ1v) is 46.2. The second kappa shape index (κ2) is 37.4. The van der Waals surface area contributed by atoms with Crippen LogP contribution in [0.15, 0.2) is 170 Å². The molecule has 0 bridgehead atoms. The van der Waals surface area contributed by atoms with Crippen LogP contribution in [-0.4, -0.2) is 58.2 Å². The number of ether oxygens (including phenoxy) is 7. The predicted molar refractivity (Wildman–Crippen MR) is 496 cm³/mol. The molecule has 0 saturated carbocycles. The van der Waals surface area contributed by atoms with Crippen molar-refractivity contribution in [2.75, 3.05) is 58.1 Å². The van der Waals surface area contributed by atoms with Crippen LogP contribution in [-0.2, 0) is 6.42 Å². The highest BCUT2D eigenvalue weighted by molar-refractivity contribution is 7.31. The van der Waals surface area contributed by atoms with E-state index in [-0.39, 0.29) is 0 Å². The fraction of sp³-hybridized carbons (Fsp3) is 0.374. The van der Waals surface area contributed by atoms with Crippen LogP contribution in [0.1, 0.15) is 170 Å². The van der Waals surface area contributed by atoms with E-state index in [4.69, 9.17) is 43.1 Å². The van der Waals surface area contributed by atoms with Crippen LogP contribution in [0.2, 0.25) is 0 Å². The fourth-order valence-electron chi connectivity index (χ4n) is 16.5. The fourth-order valence-corrected chi connectivity index (χ4v) is 22.8. The van der Waals surface area contributed by atoms with Crippen molar-refractivity contribution in [1.29, 1.82) is 0 Å². The summed E-state index contributed by atoms with van der Waals surface area (Å²) in [6.45, 7) is 20.4. The zero-order valence-electron chi connectivity index (χ0n) is 69.0. The molecule has 0 aliphatic carbocycles. The summed E-state index contributed by atoms with van der Waals surface area (Å²) in [6.07, 6.45) is 20.0. The number of aromatic nitrogens is 2. The van der Waals surface area contributed by atoms with Gasteiger partial charge in [0.1, 0.15) is 61.3 Å². The number of thiophene rings is 5. The van der Waals surface area contributed by atoms with Gasteiger partial charge in [0.2, 0.25) is 0 Å². The lowest BCUT2D eigenvalue weighted by Gasteiger charge is -2.24. The van der Waals surface area contributed by atoms with E-state index in [0.717, 1.165) is 253 Å². The van der Waals surface area contributed by atoms with Gasteiger partial charge in [0.05, 0.1) is 83.1 Å². The van der Waals surface area contributed by atoms with Crippen LogP contribution in [0.5, 0.6) is 40.2 Å². The van der Waals surface area contributed by atoms with Crippen molar-refractivity contribution in [2.24, 2.45) is 23.7 Å². The first-order valence-electron chi connectivity index (χ1n) is 42.1. The summed E-state index contributed by atoms with van der Waals surface area (Å²) in [5.41, 5.74) is 9.05. The van der Waals surface area contributed by atoms with Crippen molar-refractivity contribution in [3.63, 3.8) is 0 Å². The van der Waals surface area contributed by atoms with Crippen LogP contribution in [0.25, 0.3) is 103 Å². The Bertz CT molecular complexity index is 5210. The molecule has 9 aromatic carbocycles. The van der Waals surface area contributed by atoms with Gasteiger partial charge in [-0.15, -0.1) is 56.7 Å². The molecule has 0 aliphatic heterocycles. The van der Waals surface area contributed by atoms with E-state index in [2.05, 4.69) is 211 Å². The van der Waals surface area contributed by atoms with Gasteiger partial charge in [0.25, 0.3) is 0 Å². The summed E-state index contributed by atoms with van der Waals surface area (Å²) < 4.78 is 50.5. The molecule has 0 N–H and O–H groups in total. The van der Waals surface area contributed by atoms with Gasteiger partial charge in [0, 0.05) is 69.5 Å². The topological polar surface area (TPSA) is 96.9 Å².